The Kier molecular flexibility index (Phi) is 6.60. The van der Waals surface area contributed by atoms with Crippen molar-refractivity contribution in [1.29, 1.82) is 0 Å². The van der Waals surface area contributed by atoms with Gasteiger partial charge < -0.3 is 9.64 Å². The number of rotatable bonds is 5. The predicted octanol–water partition coefficient (Wildman–Crippen LogP) is 6.27. The van der Waals surface area contributed by atoms with Crippen LogP contribution in [0.3, 0.4) is 0 Å². The fraction of sp³-hybridized carbons (Fsp3) is 0.182. The van der Waals surface area contributed by atoms with E-state index in [0.717, 1.165) is 27.4 Å². The Morgan fingerprint density at radius 3 is 2.36 bits per heavy atom. The molecule has 0 saturated carbocycles. The van der Waals surface area contributed by atoms with Gasteiger partial charge >= 0.3 is 6.09 Å². The average molecular weight is 414 g/mol. The quantitative estimate of drug-likeness (QED) is 0.462. The van der Waals surface area contributed by atoms with E-state index in [4.69, 9.17) is 16.3 Å². The van der Waals surface area contributed by atoms with Crippen LogP contribution in [0.25, 0.3) is 10.8 Å². The van der Waals surface area contributed by atoms with Crippen molar-refractivity contribution in [3.63, 3.8) is 0 Å². The maximum absolute atomic E-state index is 12.7. The Bertz CT molecular complexity index is 1010. The molecule has 0 fully saturated rings. The van der Waals surface area contributed by atoms with Gasteiger partial charge in [-0.05, 0) is 55.3 Å². The maximum Gasteiger partial charge on any atom is 0.415 e. The second-order valence-corrected chi connectivity index (χ2v) is 7.50. The number of carbonyl (C=O) groups excluding carboxylic acids is 2. The molecule has 0 aromatic heterocycles. The third kappa shape index (κ3) is 4.49. The molecule has 0 saturated heterocycles. The molecule has 0 N–H and O–H groups in total. The van der Waals surface area contributed by atoms with Gasteiger partial charge in [-0.2, -0.15) is 0 Å². The normalized spacial score (nSPS) is 10.7. The van der Waals surface area contributed by atoms with Crippen LogP contribution in [0.2, 0.25) is 5.02 Å². The number of nitrogens with zero attached hydrogens (tertiary/aromatic N) is 1. The van der Waals surface area contributed by atoms with Crippen LogP contribution in [0, 0.1) is 0 Å². The molecule has 28 heavy (non-hydrogen) atoms. The molecule has 3 aromatic carbocycles. The van der Waals surface area contributed by atoms with Gasteiger partial charge in [-0.3, -0.25) is 4.79 Å². The zero-order valence-corrected chi connectivity index (χ0v) is 17.2. The van der Waals surface area contributed by atoms with Crippen LogP contribution < -0.4 is 4.74 Å². The van der Waals surface area contributed by atoms with Gasteiger partial charge in [-0.1, -0.05) is 48.0 Å². The maximum atomic E-state index is 12.7. The van der Waals surface area contributed by atoms with E-state index in [0.29, 0.717) is 29.4 Å². The second kappa shape index (κ2) is 9.13. The van der Waals surface area contributed by atoms with Crippen molar-refractivity contribution in [2.24, 2.45) is 0 Å². The summed E-state index contributed by atoms with van der Waals surface area (Å²) < 4.78 is 5.66. The highest BCUT2D eigenvalue weighted by Crippen LogP contribution is 2.36. The van der Waals surface area contributed by atoms with Crippen LogP contribution in [0.4, 0.5) is 4.79 Å². The Hall–Kier alpha value is -2.50. The molecule has 0 aliphatic carbocycles. The minimum Gasteiger partial charge on any atom is -0.409 e. The summed E-state index contributed by atoms with van der Waals surface area (Å²) in [7, 11) is 0. The Labute approximate surface area is 173 Å². The number of benzene rings is 3. The molecule has 0 aliphatic heterocycles. The molecule has 0 heterocycles. The number of hydrogen-bond acceptors (Lipinski definition) is 4. The topological polar surface area (TPSA) is 46.6 Å². The lowest BCUT2D eigenvalue weighted by molar-refractivity contribution is 0.108. The monoisotopic (exact) mass is 413 g/mol. The SMILES string of the molecule is CCN(CC)C(=O)Oc1cccc2cccc(SC(=O)c3cccc(Cl)c3)c12. The minimum atomic E-state index is -0.404. The van der Waals surface area contributed by atoms with E-state index in [1.165, 1.54) is 0 Å². The van der Waals surface area contributed by atoms with Crippen molar-refractivity contribution in [1.82, 2.24) is 4.90 Å². The van der Waals surface area contributed by atoms with E-state index in [9.17, 15) is 9.59 Å². The van der Waals surface area contributed by atoms with Crippen molar-refractivity contribution in [3.05, 3.63) is 71.2 Å². The van der Waals surface area contributed by atoms with Gasteiger partial charge in [0.05, 0.1) is 0 Å². The molecule has 0 aliphatic rings. The van der Waals surface area contributed by atoms with Crippen molar-refractivity contribution in [3.8, 4) is 5.75 Å². The van der Waals surface area contributed by atoms with Crippen molar-refractivity contribution in [2.45, 2.75) is 18.7 Å². The Morgan fingerprint density at radius 1 is 1.00 bits per heavy atom. The third-order valence-corrected chi connectivity index (χ3v) is 5.53. The van der Waals surface area contributed by atoms with Gasteiger partial charge in [-0.15, -0.1) is 0 Å². The predicted molar refractivity (Wildman–Crippen MR) is 115 cm³/mol. The molecule has 0 radical (unpaired) electrons. The largest absolute Gasteiger partial charge is 0.415 e. The first-order valence-electron chi connectivity index (χ1n) is 8.99. The van der Waals surface area contributed by atoms with Crippen LogP contribution in [0.5, 0.6) is 5.75 Å². The molecule has 6 heteroatoms. The van der Waals surface area contributed by atoms with Gasteiger partial charge in [0.1, 0.15) is 5.75 Å². The number of halogens is 1. The highest BCUT2D eigenvalue weighted by atomic mass is 35.5. The van der Waals surface area contributed by atoms with Gasteiger partial charge in [0.25, 0.3) is 0 Å². The summed E-state index contributed by atoms with van der Waals surface area (Å²) in [5, 5.41) is 2.03. The van der Waals surface area contributed by atoms with Gasteiger partial charge in [0.15, 0.2) is 0 Å². The molecule has 0 atom stereocenters. The summed E-state index contributed by atoms with van der Waals surface area (Å²) >= 11 is 7.10. The molecule has 144 valence electrons. The fourth-order valence-corrected chi connectivity index (χ4v) is 3.96. The van der Waals surface area contributed by atoms with E-state index in [2.05, 4.69) is 0 Å². The zero-order chi connectivity index (χ0) is 20.1. The first-order valence-corrected chi connectivity index (χ1v) is 10.2. The summed E-state index contributed by atoms with van der Waals surface area (Å²) in [6.07, 6.45) is -0.404. The highest BCUT2D eigenvalue weighted by molar-refractivity contribution is 8.14. The van der Waals surface area contributed by atoms with Crippen LogP contribution in [0.1, 0.15) is 24.2 Å². The van der Waals surface area contributed by atoms with E-state index < -0.39 is 6.09 Å². The molecule has 4 nitrogen and oxygen atoms in total. The number of fused-ring (bicyclic) bond motifs is 1. The van der Waals surface area contributed by atoms with Crippen molar-refractivity contribution >= 4 is 45.3 Å². The van der Waals surface area contributed by atoms with Crippen molar-refractivity contribution in [2.75, 3.05) is 13.1 Å². The average Bonchev–Trinajstić information content (AvgIpc) is 2.69. The molecule has 3 rings (SSSR count). The summed E-state index contributed by atoms with van der Waals surface area (Å²) in [4.78, 5) is 27.5. The molecular weight excluding hydrogens is 394 g/mol. The first kappa shape index (κ1) is 20.2. The molecule has 0 bridgehead atoms. The highest BCUT2D eigenvalue weighted by Gasteiger charge is 2.17. The van der Waals surface area contributed by atoms with Crippen molar-refractivity contribution < 1.29 is 14.3 Å². The molecule has 0 spiro atoms. The zero-order valence-electron chi connectivity index (χ0n) is 15.6. The number of ether oxygens (including phenoxy) is 1. The van der Waals surface area contributed by atoms with Crippen LogP contribution >= 0.6 is 23.4 Å². The van der Waals surface area contributed by atoms with E-state index >= 15 is 0 Å². The fourth-order valence-electron chi connectivity index (χ4n) is 2.86. The Morgan fingerprint density at radius 2 is 1.68 bits per heavy atom. The third-order valence-electron chi connectivity index (χ3n) is 4.31. The first-order chi connectivity index (χ1) is 13.5. The van der Waals surface area contributed by atoms with Crippen LogP contribution in [-0.4, -0.2) is 29.2 Å². The standard InChI is InChI=1S/C22H20ClNO3S/c1-3-24(4-2)22(26)27-18-12-6-8-15-9-7-13-19(20(15)18)28-21(25)16-10-5-11-17(23)14-16/h5-14H,3-4H2,1-2H3. The van der Waals surface area contributed by atoms with Gasteiger partial charge in [-0.25, -0.2) is 4.79 Å². The van der Waals surface area contributed by atoms with E-state index in [1.54, 1.807) is 35.2 Å². The van der Waals surface area contributed by atoms with E-state index in [-0.39, 0.29) is 5.12 Å². The lowest BCUT2D eigenvalue weighted by atomic mass is 10.1. The molecule has 3 aromatic rings. The molecule has 1 amide bonds. The lowest BCUT2D eigenvalue weighted by Gasteiger charge is -2.19. The summed E-state index contributed by atoms with van der Waals surface area (Å²) in [6, 6.07) is 18.0. The van der Waals surface area contributed by atoms with Gasteiger partial charge in [0.2, 0.25) is 5.12 Å². The smallest absolute Gasteiger partial charge is 0.409 e. The number of carbonyl (C=O) groups is 2. The Balaban J connectivity index is 1.97. The van der Waals surface area contributed by atoms with Crippen LogP contribution in [-0.2, 0) is 0 Å². The molecule has 0 unspecified atom stereocenters. The minimum absolute atomic E-state index is 0.125. The van der Waals surface area contributed by atoms with Crippen LogP contribution in [0.15, 0.2) is 65.6 Å². The lowest BCUT2D eigenvalue weighted by Crippen LogP contribution is -2.33. The second-order valence-electron chi connectivity index (χ2n) is 6.05. The molecular formula is C22H20ClNO3S. The summed E-state index contributed by atoms with van der Waals surface area (Å²) in [5.74, 6) is 0.441. The summed E-state index contributed by atoms with van der Waals surface area (Å²) in [6.45, 7) is 4.93. The number of hydrogen-bond donors (Lipinski definition) is 0. The number of amides is 1. The van der Waals surface area contributed by atoms with Gasteiger partial charge in [0, 0.05) is 34.0 Å². The van der Waals surface area contributed by atoms with E-state index in [1.807, 2.05) is 44.2 Å². The summed E-state index contributed by atoms with van der Waals surface area (Å²) in [5.41, 5.74) is 0.520. The number of thioether (sulfide) groups is 1.